The fourth-order valence-electron chi connectivity index (χ4n) is 2.03. The van der Waals surface area contributed by atoms with E-state index in [0.717, 1.165) is 11.3 Å². The zero-order valence-electron chi connectivity index (χ0n) is 10.5. The Morgan fingerprint density at radius 1 is 1.35 bits per heavy atom. The van der Waals surface area contributed by atoms with Gasteiger partial charge in [-0.05, 0) is 37.1 Å². The number of ether oxygens (including phenoxy) is 1. The summed E-state index contributed by atoms with van der Waals surface area (Å²) in [5.41, 5.74) is 8.00. The minimum atomic E-state index is -0.770. The number of anilines is 1. The van der Waals surface area contributed by atoms with Crippen molar-refractivity contribution < 1.29 is 9.53 Å². The van der Waals surface area contributed by atoms with Gasteiger partial charge in [-0.3, -0.25) is 4.79 Å². The summed E-state index contributed by atoms with van der Waals surface area (Å²) in [6, 6.07) is 5.79. The summed E-state index contributed by atoms with van der Waals surface area (Å²) in [6.45, 7) is 4.83. The van der Waals surface area contributed by atoms with Crippen molar-refractivity contribution in [3.8, 4) is 0 Å². The number of carbonyl (C=O) groups excluding carboxylic acids is 1. The Bertz CT molecular complexity index is 455. The van der Waals surface area contributed by atoms with E-state index < -0.39 is 5.60 Å². The molecule has 0 saturated heterocycles. The molecule has 2 rings (SSSR count). The van der Waals surface area contributed by atoms with E-state index in [4.69, 9.17) is 10.5 Å². The molecule has 4 nitrogen and oxygen atoms in total. The van der Waals surface area contributed by atoms with Crippen LogP contribution in [0.4, 0.5) is 5.69 Å². The molecule has 0 bridgehead atoms. The van der Waals surface area contributed by atoms with Crippen LogP contribution in [0.25, 0.3) is 0 Å². The largest absolute Gasteiger partial charge is 0.399 e. The number of nitrogen functional groups attached to an aromatic ring is 1. The SMILES string of the molecule is COC(C)(C)C(=O)N1Cc2ccc(N)cc2C1. The highest BCUT2D eigenvalue weighted by Gasteiger charge is 2.34. The summed E-state index contributed by atoms with van der Waals surface area (Å²) >= 11 is 0. The molecule has 92 valence electrons. The number of nitrogens with zero attached hydrogens (tertiary/aromatic N) is 1. The number of methoxy groups -OCH3 is 1. The number of hydrogen-bond acceptors (Lipinski definition) is 3. The molecular formula is C13H18N2O2. The minimum Gasteiger partial charge on any atom is -0.399 e. The number of nitrogens with two attached hydrogens (primary N) is 1. The van der Waals surface area contributed by atoms with Gasteiger partial charge in [-0.25, -0.2) is 0 Å². The first-order chi connectivity index (χ1) is 7.94. The molecule has 0 fully saturated rings. The normalized spacial score (nSPS) is 14.9. The standard InChI is InChI=1S/C13H18N2O2/c1-13(2,17-3)12(16)15-7-9-4-5-11(14)6-10(9)8-15/h4-6H,7-8,14H2,1-3H3. The van der Waals surface area contributed by atoms with Gasteiger partial charge in [0.1, 0.15) is 5.60 Å². The lowest BCUT2D eigenvalue weighted by Gasteiger charge is -2.27. The fraction of sp³-hybridized carbons (Fsp3) is 0.462. The molecule has 17 heavy (non-hydrogen) atoms. The predicted octanol–water partition coefficient (Wildman–Crippen LogP) is 1.54. The highest BCUT2D eigenvalue weighted by molar-refractivity contribution is 5.85. The first-order valence-corrected chi connectivity index (χ1v) is 5.66. The number of carbonyl (C=O) groups is 1. The first-order valence-electron chi connectivity index (χ1n) is 5.66. The number of amides is 1. The summed E-state index contributed by atoms with van der Waals surface area (Å²) in [5.74, 6) is 0.00905. The van der Waals surface area contributed by atoms with Gasteiger partial charge in [-0.1, -0.05) is 6.07 Å². The molecule has 0 atom stereocenters. The van der Waals surface area contributed by atoms with E-state index in [0.29, 0.717) is 13.1 Å². The van der Waals surface area contributed by atoms with Crippen molar-refractivity contribution in [1.82, 2.24) is 4.90 Å². The van der Waals surface area contributed by atoms with Gasteiger partial charge >= 0.3 is 0 Å². The van der Waals surface area contributed by atoms with Gasteiger partial charge in [0, 0.05) is 25.9 Å². The molecule has 0 aliphatic carbocycles. The number of hydrogen-bond donors (Lipinski definition) is 1. The molecule has 1 amide bonds. The van der Waals surface area contributed by atoms with Crippen LogP contribution in [-0.2, 0) is 22.6 Å². The molecule has 4 heteroatoms. The average molecular weight is 234 g/mol. The van der Waals surface area contributed by atoms with Gasteiger partial charge < -0.3 is 15.4 Å². The molecule has 1 aliphatic heterocycles. The van der Waals surface area contributed by atoms with Gasteiger partial charge in [0.15, 0.2) is 0 Å². The molecule has 2 N–H and O–H groups in total. The first kappa shape index (κ1) is 11.9. The second kappa shape index (κ2) is 4.04. The van der Waals surface area contributed by atoms with Crippen molar-refractivity contribution >= 4 is 11.6 Å². The second-order valence-corrected chi connectivity index (χ2v) is 4.90. The molecule has 1 heterocycles. The number of fused-ring (bicyclic) bond motifs is 1. The Morgan fingerprint density at radius 3 is 2.65 bits per heavy atom. The number of benzene rings is 1. The lowest BCUT2D eigenvalue weighted by atomic mass is 10.1. The Labute approximate surface area is 101 Å². The third kappa shape index (κ3) is 2.13. The van der Waals surface area contributed by atoms with E-state index in [-0.39, 0.29) is 5.91 Å². The van der Waals surface area contributed by atoms with Gasteiger partial charge in [-0.2, -0.15) is 0 Å². The summed E-state index contributed by atoms with van der Waals surface area (Å²) < 4.78 is 5.22. The maximum absolute atomic E-state index is 12.2. The molecule has 0 spiro atoms. The molecular weight excluding hydrogens is 216 g/mol. The van der Waals surface area contributed by atoms with Gasteiger partial charge in [0.2, 0.25) is 0 Å². The molecule has 1 aromatic carbocycles. The summed E-state index contributed by atoms with van der Waals surface area (Å²) in [7, 11) is 1.55. The lowest BCUT2D eigenvalue weighted by Crippen LogP contribution is -2.44. The topological polar surface area (TPSA) is 55.6 Å². The van der Waals surface area contributed by atoms with Crippen LogP contribution in [0.1, 0.15) is 25.0 Å². The zero-order valence-corrected chi connectivity index (χ0v) is 10.5. The highest BCUT2D eigenvalue weighted by atomic mass is 16.5. The highest BCUT2D eigenvalue weighted by Crippen LogP contribution is 2.27. The maximum atomic E-state index is 12.2. The molecule has 0 radical (unpaired) electrons. The quantitative estimate of drug-likeness (QED) is 0.790. The van der Waals surface area contributed by atoms with E-state index in [1.807, 2.05) is 18.2 Å². The van der Waals surface area contributed by atoms with Crippen molar-refractivity contribution in [2.45, 2.75) is 32.5 Å². The van der Waals surface area contributed by atoms with Crippen LogP contribution >= 0.6 is 0 Å². The zero-order chi connectivity index (χ0) is 12.6. The Hall–Kier alpha value is -1.55. The average Bonchev–Trinajstić information content (AvgIpc) is 2.70. The summed E-state index contributed by atoms with van der Waals surface area (Å²) in [6.07, 6.45) is 0. The van der Waals surface area contributed by atoms with E-state index in [1.165, 1.54) is 5.56 Å². The molecule has 0 saturated carbocycles. The van der Waals surface area contributed by atoms with E-state index in [2.05, 4.69) is 0 Å². The monoisotopic (exact) mass is 234 g/mol. The Morgan fingerprint density at radius 2 is 2.00 bits per heavy atom. The van der Waals surface area contributed by atoms with Crippen molar-refractivity contribution in [3.05, 3.63) is 29.3 Å². The van der Waals surface area contributed by atoms with Gasteiger partial charge in [0.25, 0.3) is 5.91 Å². The van der Waals surface area contributed by atoms with Crippen LogP contribution in [0.3, 0.4) is 0 Å². The Balaban J connectivity index is 2.18. The van der Waals surface area contributed by atoms with Crippen LogP contribution in [0.5, 0.6) is 0 Å². The molecule has 1 aromatic rings. The van der Waals surface area contributed by atoms with Crippen molar-refractivity contribution in [2.24, 2.45) is 0 Å². The van der Waals surface area contributed by atoms with E-state index >= 15 is 0 Å². The predicted molar refractivity (Wildman–Crippen MR) is 66.2 cm³/mol. The summed E-state index contributed by atoms with van der Waals surface area (Å²) in [4.78, 5) is 14.0. The van der Waals surface area contributed by atoms with E-state index in [1.54, 1.807) is 25.9 Å². The van der Waals surface area contributed by atoms with Gasteiger partial charge in [0.05, 0.1) is 0 Å². The third-order valence-electron chi connectivity index (χ3n) is 3.27. The van der Waals surface area contributed by atoms with Gasteiger partial charge in [-0.15, -0.1) is 0 Å². The molecule has 0 aromatic heterocycles. The van der Waals surface area contributed by atoms with Crippen molar-refractivity contribution in [3.63, 3.8) is 0 Å². The van der Waals surface area contributed by atoms with Crippen LogP contribution in [0, 0.1) is 0 Å². The van der Waals surface area contributed by atoms with Crippen LogP contribution in [0.2, 0.25) is 0 Å². The smallest absolute Gasteiger partial charge is 0.254 e. The fourth-order valence-corrected chi connectivity index (χ4v) is 2.03. The van der Waals surface area contributed by atoms with Crippen LogP contribution < -0.4 is 5.73 Å². The number of rotatable bonds is 2. The van der Waals surface area contributed by atoms with Crippen molar-refractivity contribution in [1.29, 1.82) is 0 Å². The summed E-state index contributed by atoms with van der Waals surface area (Å²) in [5, 5.41) is 0. The van der Waals surface area contributed by atoms with Crippen LogP contribution in [-0.4, -0.2) is 23.5 Å². The second-order valence-electron chi connectivity index (χ2n) is 4.90. The van der Waals surface area contributed by atoms with Crippen LogP contribution in [0.15, 0.2) is 18.2 Å². The third-order valence-corrected chi connectivity index (χ3v) is 3.27. The van der Waals surface area contributed by atoms with E-state index in [9.17, 15) is 4.79 Å². The van der Waals surface area contributed by atoms with Crippen molar-refractivity contribution in [2.75, 3.05) is 12.8 Å². The Kier molecular flexibility index (Phi) is 2.83. The molecule has 1 aliphatic rings. The minimum absolute atomic E-state index is 0.00905. The molecule has 0 unspecified atom stereocenters. The maximum Gasteiger partial charge on any atom is 0.254 e. The lowest BCUT2D eigenvalue weighted by molar-refractivity contribution is -0.151.